The first-order valence-electron chi connectivity index (χ1n) is 9.92. The Balaban J connectivity index is 2.35. The zero-order valence-electron chi connectivity index (χ0n) is 17.8. The number of amides is 1. The highest BCUT2D eigenvalue weighted by atomic mass is 16.5. The third kappa shape index (κ3) is 4.14. The first-order valence-corrected chi connectivity index (χ1v) is 9.92. The van der Waals surface area contributed by atoms with E-state index in [2.05, 4.69) is 0 Å². The molecule has 0 N–H and O–H groups in total. The number of hydrogen-bond acceptors (Lipinski definition) is 5. The standard InChI is InChI=1S/C21H32N2O5/c1-7-28-21(26)18-13(2)17(14(3)22(18)5)19(24)15(4)23(11-12-27-6)20(25)16-9-8-10-16/h15-16H,7-12H2,1-6H3. The summed E-state index contributed by atoms with van der Waals surface area (Å²) in [6.07, 6.45) is 2.80. The van der Waals surface area contributed by atoms with Gasteiger partial charge in [-0.25, -0.2) is 4.79 Å². The van der Waals surface area contributed by atoms with Gasteiger partial charge in [-0.15, -0.1) is 0 Å². The second-order valence-corrected chi connectivity index (χ2v) is 7.41. The van der Waals surface area contributed by atoms with Gasteiger partial charge in [-0.1, -0.05) is 6.42 Å². The van der Waals surface area contributed by atoms with E-state index in [1.54, 1.807) is 44.4 Å². The predicted molar refractivity (Wildman–Crippen MR) is 106 cm³/mol. The molecule has 1 aliphatic rings. The Kier molecular flexibility index (Phi) is 7.41. The monoisotopic (exact) mass is 392 g/mol. The second-order valence-electron chi connectivity index (χ2n) is 7.41. The Hall–Kier alpha value is -2.15. The minimum Gasteiger partial charge on any atom is -0.461 e. The van der Waals surface area contributed by atoms with E-state index in [1.165, 1.54) is 0 Å². The Morgan fingerprint density at radius 3 is 2.39 bits per heavy atom. The van der Waals surface area contributed by atoms with Crippen LogP contribution in [0.4, 0.5) is 0 Å². The minimum absolute atomic E-state index is 0.000154. The summed E-state index contributed by atoms with van der Waals surface area (Å²) >= 11 is 0. The van der Waals surface area contributed by atoms with Gasteiger partial charge in [0.15, 0.2) is 5.78 Å². The average Bonchev–Trinajstić information content (AvgIpc) is 2.82. The van der Waals surface area contributed by atoms with Crippen molar-refractivity contribution in [2.45, 2.75) is 53.0 Å². The molecule has 156 valence electrons. The zero-order chi connectivity index (χ0) is 21.0. The van der Waals surface area contributed by atoms with E-state index in [4.69, 9.17) is 9.47 Å². The molecule has 1 aromatic heterocycles. The molecule has 2 rings (SSSR count). The molecule has 7 nitrogen and oxygen atoms in total. The summed E-state index contributed by atoms with van der Waals surface area (Å²) in [4.78, 5) is 40.2. The van der Waals surface area contributed by atoms with E-state index in [0.29, 0.717) is 35.7 Å². The number of hydrogen-bond donors (Lipinski definition) is 0. The van der Waals surface area contributed by atoms with Gasteiger partial charge in [0.1, 0.15) is 5.69 Å². The summed E-state index contributed by atoms with van der Waals surface area (Å²) in [5, 5.41) is 0. The molecule has 7 heteroatoms. The number of nitrogens with zero attached hydrogens (tertiary/aromatic N) is 2. The summed E-state index contributed by atoms with van der Waals surface area (Å²) in [5.41, 5.74) is 2.16. The third-order valence-electron chi connectivity index (χ3n) is 5.77. The number of ketones is 1. The molecule has 1 aromatic rings. The fourth-order valence-electron chi connectivity index (χ4n) is 3.75. The maximum atomic E-state index is 13.4. The van der Waals surface area contributed by atoms with E-state index >= 15 is 0 Å². The van der Waals surface area contributed by atoms with Crippen molar-refractivity contribution in [1.29, 1.82) is 0 Å². The molecule has 0 aliphatic heterocycles. The molecule has 0 saturated heterocycles. The normalized spacial score (nSPS) is 15.1. The van der Waals surface area contributed by atoms with E-state index in [0.717, 1.165) is 19.3 Å². The Labute approximate surface area is 167 Å². The lowest BCUT2D eigenvalue weighted by atomic mass is 9.84. The summed E-state index contributed by atoms with van der Waals surface area (Å²) in [6.45, 7) is 8.07. The molecule has 1 saturated carbocycles. The van der Waals surface area contributed by atoms with Gasteiger partial charge in [0, 0.05) is 37.9 Å². The highest BCUT2D eigenvalue weighted by Gasteiger charge is 2.36. The van der Waals surface area contributed by atoms with Crippen LogP contribution in [0.2, 0.25) is 0 Å². The molecule has 0 radical (unpaired) electrons. The molecule has 1 amide bonds. The molecule has 1 fully saturated rings. The number of carbonyl (C=O) groups excluding carboxylic acids is 3. The van der Waals surface area contributed by atoms with Crippen LogP contribution in [0, 0.1) is 19.8 Å². The topological polar surface area (TPSA) is 77.8 Å². The highest BCUT2D eigenvalue weighted by molar-refractivity contribution is 6.06. The van der Waals surface area contributed by atoms with Crippen LogP contribution < -0.4 is 0 Å². The van der Waals surface area contributed by atoms with Crippen molar-refractivity contribution >= 4 is 17.7 Å². The van der Waals surface area contributed by atoms with Crippen LogP contribution >= 0.6 is 0 Å². The number of Topliss-reactive ketones (excluding diaryl/α,β-unsaturated/α-hetero) is 1. The van der Waals surface area contributed by atoms with E-state index in [1.807, 2.05) is 6.92 Å². The molecule has 28 heavy (non-hydrogen) atoms. The van der Waals surface area contributed by atoms with Crippen LogP contribution in [0.3, 0.4) is 0 Å². The summed E-state index contributed by atoms with van der Waals surface area (Å²) in [6, 6.07) is -0.627. The second kappa shape index (κ2) is 9.37. The van der Waals surface area contributed by atoms with E-state index in [-0.39, 0.29) is 24.2 Å². The average molecular weight is 392 g/mol. The first-order chi connectivity index (χ1) is 13.3. The van der Waals surface area contributed by atoms with Crippen molar-refractivity contribution in [2.24, 2.45) is 13.0 Å². The van der Waals surface area contributed by atoms with E-state index < -0.39 is 12.0 Å². The number of carbonyl (C=O) groups is 3. The molecule has 1 atom stereocenters. The van der Waals surface area contributed by atoms with Crippen molar-refractivity contribution in [2.75, 3.05) is 26.9 Å². The van der Waals surface area contributed by atoms with Crippen molar-refractivity contribution in [3.8, 4) is 0 Å². The Bertz CT molecular complexity index is 748. The van der Waals surface area contributed by atoms with Crippen molar-refractivity contribution < 1.29 is 23.9 Å². The molecule has 1 heterocycles. The smallest absolute Gasteiger partial charge is 0.355 e. The van der Waals surface area contributed by atoms with Gasteiger partial charge < -0.3 is 18.9 Å². The minimum atomic E-state index is -0.627. The summed E-state index contributed by atoms with van der Waals surface area (Å²) < 4.78 is 12.0. The van der Waals surface area contributed by atoms with Gasteiger partial charge >= 0.3 is 5.97 Å². The van der Waals surface area contributed by atoms with Gasteiger partial charge in [0.05, 0.1) is 19.3 Å². The summed E-state index contributed by atoms with van der Waals surface area (Å²) in [7, 11) is 3.33. The number of esters is 1. The predicted octanol–water partition coefficient (Wildman–Crippen LogP) is 2.66. The van der Waals surface area contributed by atoms with E-state index in [9.17, 15) is 14.4 Å². The Morgan fingerprint density at radius 1 is 1.25 bits per heavy atom. The lowest BCUT2D eigenvalue weighted by Gasteiger charge is -2.35. The SMILES string of the molecule is CCOC(=O)c1c(C)c(C(=O)C(C)N(CCOC)C(=O)C2CCC2)c(C)n1C. The van der Waals surface area contributed by atoms with Crippen LogP contribution in [0.1, 0.15) is 65.2 Å². The van der Waals surface area contributed by atoms with Gasteiger partial charge in [0.25, 0.3) is 0 Å². The quantitative estimate of drug-likeness (QED) is 0.477. The van der Waals surface area contributed by atoms with Crippen molar-refractivity contribution in [1.82, 2.24) is 9.47 Å². The number of aromatic nitrogens is 1. The summed E-state index contributed by atoms with van der Waals surface area (Å²) in [5.74, 6) is -0.592. The molecule has 0 spiro atoms. The maximum absolute atomic E-state index is 13.4. The van der Waals surface area contributed by atoms with Crippen LogP contribution in [-0.2, 0) is 21.3 Å². The van der Waals surface area contributed by atoms with Crippen molar-refractivity contribution in [3.63, 3.8) is 0 Å². The third-order valence-corrected chi connectivity index (χ3v) is 5.77. The van der Waals surface area contributed by atoms with Gasteiger partial charge in [0.2, 0.25) is 5.91 Å². The first kappa shape index (κ1) is 22.1. The molecule has 1 aliphatic carbocycles. The molecular weight excluding hydrogens is 360 g/mol. The fraction of sp³-hybridized carbons (Fsp3) is 0.667. The lowest BCUT2D eigenvalue weighted by Crippen LogP contribution is -2.48. The number of ether oxygens (including phenoxy) is 2. The maximum Gasteiger partial charge on any atom is 0.355 e. The molecule has 0 aromatic carbocycles. The van der Waals surface area contributed by atoms with Gasteiger partial charge in [-0.05, 0) is 46.1 Å². The van der Waals surface area contributed by atoms with Gasteiger partial charge in [-0.3, -0.25) is 9.59 Å². The largest absolute Gasteiger partial charge is 0.461 e. The molecular formula is C21H32N2O5. The highest BCUT2D eigenvalue weighted by Crippen LogP contribution is 2.30. The van der Waals surface area contributed by atoms with Crippen LogP contribution in [-0.4, -0.2) is 60.0 Å². The van der Waals surface area contributed by atoms with Crippen molar-refractivity contribution in [3.05, 3.63) is 22.5 Å². The van der Waals surface area contributed by atoms with Crippen LogP contribution in [0.5, 0.6) is 0 Å². The van der Waals surface area contributed by atoms with Crippen LogP contribution in [0.25, 0.3) is 0 Å². The Morgan fingerprint density at radius 2 is 1.89 bits per heavy atom. The number of methoxy groups -OCH3 is 1. The lowest BCUT2D eigenvalue weighted by molar-refractivity contribution is -0.140. The fourth-order valence-corrected chi connectivity index (χ4v) is 3.75. The zero-order valence-corrected chi connectivity index (χ0v) is 17.8. The van der Waals surface area contributed by atoms with Gasteiger partial charge in [-0.2, -0.15) is 0 Å². The van der Waals surface area contributed by atoms with Crippen LogP contribution in [0.15, 0.2) is 0 Å². The molecule has 0 bridgehead atoms. The number of rotatable bonds is 9. The molecule has 1 unspecified atom stereocenters.